The molecule has 2 aromatic carbocycles. The van der Waals surface area contributed by atoms with E-state index < -0.39 is 17.8 Å². The zero-order valence-electron chi connectivity index (χ0n) is 13.3. The zero-order chi connectivity index (χ0) is 18.0. The van der Waals surface area contributed by atoms with Crippen molar-refractivity contribution < 1.29 is 19.1 Å². The van der Waals surface area contributed by atoms with Crippen LogP contribution in [0, 0.1) is 6.92 Å². The molecular weight excluding hydrogens is 406 g/mol. The zero-order valence-corrected chi connectivity index (χ0v) is 15.7. The van der Waals surface area contributed by atoms with Gasteiger partial charge in [0.1, 0.15) is 0 Å². The summed E-state index contributed by atoms with van der Waals surface area (Å²) in [6, 6.07) is 12.3. The van der Waals surface area contributed by atoms with Crippen LogP contribution >= 0.6 is 27.7 Å². The minimum atomic E-state index is -0.483. The Kier molecular flexibility index (Phi) is 5.24. The first kappa shape index (κ1) is 17.7. The molecule has 0 atom stereocenters. The van der Waals surface area contributed by atoms with Gasteiger partial charge in [0.25, 0.3) is 11.8 Å². The lowest BCUT2D eigenvalue weighted by Gasteiger charge is -2.14. The Morgan fingerprint density at radius 1 is 1.12 bits per heavy atom. The average Bonchev–Trinajstić information content (AvgIpc) is 2.84. The maximum atomic E-state index is 12.2. The monoisotopic (exact) mass is 419 g/mol. The largest absolute Gasteiger partial charge is 0.443 e. The van der Waals surface area contributed by atoms with Crippen LogP contribution < -0.4 is 0 Å². The Morgan fingerprint density at radius 2 is 1.76 bits per heavy atom. The van der Waals surface area contributed by atoms with Crippen LogP contribution in [0.15, 0.2) is 51.8 Å². The number of hydrogen-bond acceptors (Lipinski definition) is 5. The molecule has 0 bridgehead atoms. The van der Waals surface area contributed by atoms with Crippen LogP contribution in [0.2, 0.25) is 0 Å². The number of esters is 1. The fourth-order valence-electron chi connectivity index (χ4n) is 2.45. The van der Waals surface area contributed by atoms with Gasteiger partial charge in [0.05, 0.1) is 16.9 Å². The summed E-state index contributed by atoms with van der Waals surface area (Å²) in [5.74, 6) is -1.26. The Bertz CT molecular complexity index is 833. The molecule has 1 aliphatic heterocycles. The number of carbonyl (C=O) groups excluding carboxylic acids is 3. The summed E-state index contributed by atoms with van der Waals surface area (Å²) in [5.41, 5.74) is 1.72. The van der Waals surface area contributed by atoms with Gasteiger partial charge in [0.15, 0.2) is 6.73 Å². The van der Waals surface area contributed by atoms with Crippen molar-refractivity contribution in [1.29, 1.82) is 0 Å². The lowest BCUT2D eigenvalue weighted by Crippen LogP contribution is -2.33. The molecule has 2 amide bonds. The van der Waals surface area contributed by atoms with Gasteiger partial charge in [-0.05, 0) is 42.8 Å². The molecule has 5 nitrogen and oxygen atoms in total. The van der Waals surface area contributed by atoms with Crippen LogP contribution in [-0.4, -0.2) is 35.2 Å². The van der Waals surface area contributed by atoms with Crippen LogP contribution in [0.3, 0.4) is 0 Å². The summed E-state index contributed by atoms with van der Waals surface area (Å²) in [6.07, 6.45) is 0. The molecule has 0 unspecified atom stereocenters. The Hall–Kier alpha value is -2.12. The van der Waals surface area contributed by atoms with Crippen molar-refractivity contribution in [3.05, 3.63) is 63.6 Å². The first-order valence-corrected chi connectivity index (χ1v) is 9.25. The lowest BCUT2D eigenvalue weighted by atomic mass is 10.1. The highest BCUT2D eigenvalue weighted by Gasteiger charge is 2.35. The third-order valence-corrected chi connectivity index (χ3v) is 5.36. The quantitative estimate of drug-likeness (QED) is 0.420. The van der Waals surface area contributed by atoms with Crippen molar-refractivity contribution in [1.82, 2.24) is 4.90 Å². The van der Waals surface area contributed by atoms with Gasteiger partial charge in [0.2, 0.25) is 0 Å². The summed E-state index contributed by atoms with van der Waals surface area (Å²) in [4.78, 5) is 38.2. The molecule has 128 valence electrons. The molecule has 25 heavy (non-hydrogen) atoms. The standard InChI is InChI=1S/C18H14BrNO4S/c1-11-8-12(19)6-7-15(11)25-9-16(21)24-10-20-17(22)13-4-2-3-5-14(13)18(20)23/h2-8H,9-10H2,1H3. The predicted molar refractivity (Wildman–Crippen MR) is 97.5 cm³/mol. The normalized spacial score (nSPS) is 13.1. The average molecular weight is 420 g/mol. The number of thioether (sulfide) groups is 1. The van der Waals surface area contributed by atoms with E-state index in [-0.39, 0.29) is 12.5 Å². The summed E-state index contributed by atoms with van der Waals surface area (Å²) in [5, 5.41) is 0. The molecule has 1 aliphatic rings. The van der Waals surface area contributed by atoms with Gasteiger partial charge < -0.3 is 4.74 Å². The van der Waals surface area contributed by atoms with E-state index >= 15 is 0 Å². The topological polar surface area (TPSA) is 63.7 Å². The van der Waals surface area contributed by atoms with E-state index in [4.69, 9.17) is 4.74 Å². The van der Waals surface area contributed by atoms with E-state index in [9.17, 15) is 14.4 Å². The lowest BCUT2D eigenvalue weighted by molar-refractivity contribution is -0.142. The van der Waals surface area contributed by atoms with E-state index in [0.717, 1.165) is 19.8 Å². The highest BCUT2D eigenvalue weighted by molar-refractivity contribution is 9.10. The summed E-state index contributed by atoms with van der Waals surface area (Å²) in [6.45, 7) is 1.59. The number of nitrogens with zero attached hydrogens (tertiary/aromatic N) is 1. The number of rotatable bonds is 5. The second kappa shape index (κ2) is 7.41. The van der Waals surface area contributed by atoms with E-state index in [0.29, 0.717) is 11.1 Å². The van der Waals surface area contributed by atoms with Gasteiger partial charge in [-0.3, -0.25) is 14.4 Å². The second-order valence-electron chi connectivity index (χ2n) is 5.43. The van der Waals surface area contributed by atoms with Gasteiger partial charge in [-0.1, -0.05) is 28.1 Å². The second-order valence-corrected chi connectivity index (χ2v) is 7.36. The van der Waals surface area contributed by atoms with Gasteiger partial charge in [0, 0.05) is 9.37 Å². The number of amides is 2. The minimum absolute atomic E-state index is 0.103. The molecule has 0 saturated carbocycles. The first-order valence-electron chi connectivity index (χ1n) is 7.47. The fraction of sp³-hybridized carbons (Fsp3) is 0.167. The van der Waals surface area contributed by atoms with Gasteiger partial charge >= 0.3 is 5.97 Å². The number of ether oxygens (including phenoxy) is 1. The predicted octanol–water partition coefficient (Wildman–Crippen LogP) is 3.65. The summed E-state index contributed by atoms with van der Waals surface area (Å²) in [7, 11) is 0. The van der Waals surface area contributed by atoms with Crippen molar-refractivity contribution in [2.24, 2.45) is 0 Å². The molecule has 0 aliphatic carbocycles. The number of fused-ring (bicyclic) bond motifs is 1. The molecule has 0 spiro atoms. The number of imide groups is 1. The molecule has 0 fully saturated rings. The van der Waals surface area contributed by atoms with E-state index in [1.807, 2.05) is 25.1 Å². The SMILES string of the molecule is Cc1cc(Br)ccc1SCC(=O)OCN1C(=O)c2ccccc2C1=O. The third-order valence-electron chi connectivity index (χ3n) is 3.72. The van der Waals surface area contributed by atoms with Gasteiger partial charge in [-0.15, -0.1) is 11.8 Å². The molecule has 7 heteroatoms. The van der Waals surface area contributed by atoms with Crippen LogP contribution in [-0.2, 0) is 9.53 Å². The van der Waals surface area contributed by atoms with Crippen molar-refractivity contribution in [3.63, 3.8) is 0 Å². The van der Waals surface area contributed by atoms with Crippen molar-refractivity contribution in [2.45, 2.75) is 11.8 Å². The smallest absolute Gasteiger partial charge is 0.318 e. The molecule has 3 rings (SSSR count). The van der Waals surface area contributed by atoms with Crippen molar-refractivity contribution >= 4 is 45.5 Å². The molecule has 1 heterocycles. The Labute approximate surface area is 157 Å². The number of aryl methyl sites for hydroxylation is 1. The molecule has 0 saturated heterocycles. The molecular formula is C18H14BrNO4S. The maximum Gasteiger partial charge on any atom is 0.318 e. The number of carbonyl (C=O) groups is 3. The third kappa shape index (κ3) is 3.77. The maximum absolute atomic E-state index is 12.2. The summed E-state index contributed by atoms with van der Waals surface area (Å²) >= 11 is 4.74. The number of halogens is 1. The van der Waals surface area contributed by atoms with Crippen molar-refractivity contribution in [2.75, 3.05) is 12.5 Å². The molecule has 0 radical (unpaired) electrons. The fourth-order valence-corrected chi connectivity index (χ4v) is 3.73. The first-order chi connectivity index (χ1) is 12.0. The van der Waals surface area contributed by atoms with Crippen LogP contribution in [0.1, 0.15) is 26.3 Å². The number of hydrogen-bond donors (Lipinski definition) is 0. The Morgan fingerprint density at radius 3 is 2.36 bits per heavy atom. The van der Waals surface area contributed by atoms with Crippen LogP contribution in [0.25, 0.3) is 0 Å². The van der Waals surface area contributed by atoms with E-state index in [2.05, 4.69) is 15.9 Å². The van der Waals surface area contributed by atoms with Crippen molar-refractivity contribution in [3.8, 4) is 0 Å². The van der Waals surface area contributed by atoms with Gasteiger partial charge in [-0.2, -0.15) is 0 Å². The van der Waals surface area contributed by atoms with Crippen LogP contribution in [0.4, 0.5) is 0 Å². The Balaban J connectivity index is 1.55. The highest BCUT2D eigenvalue weighted by Crippen LogP contribution is 2.26. The molecule has 0 aromatic heterocycles. The van der Waals surface area contributed by atoms with E-state index in [1.165, 1.54) is 11.8 Å². The minimum Gasteiger partial charge on any atom is -0.443 e. The highest BCUT2D eigenvalue weighted by atomic mass is 79.9. The molecule has 2 aromatic rings. The van der Waals surface area contributed by atoms with Crippen LogP contribution in [0.5, 0.6) is 0 Å². The number of benzene rings is 2. The summed E-state index contributed by atoms with van der Waals surface area (Å²) < 4.78 is 6.07. The van der Waals surface area contributed by atoms with Gasteiger partial charge in [-0.25, -0.2) is 4.90 Å². The van der Waals surface area contributed by atoms with E-state index in [1.54, 1.807) is 24.3 Å². The molecule has 0 N–H and O–H groups in total.